The Hall–Kier alpha value is -14.2. The predicted molar refractivity (Wildman–Crippen MR) is 601 cm³/mol. The van der Waals surface area contributed by atoms with Crippen LogP contribution in [-0.4, -0.2) is 4.57 Å². The molecule has 6 aliphatic carbocycles. The van der Waals surface area contributed by atoms with Crippen LogP contribution in [0.2, 0.25) is 0 Å². The second kappa shape index (κ2) is 30.9. The van der Waals surface area contributed by atoms with Gasteiger partial charge in [-0.25, -0.2) is 0 Å². The molecule has 0 radical (unpaired) electrons. The van der Waals surface area contributed by atoms with E-state index < -0.39 is 0 Å². The summed E-state index contributed by atoms with van der Waals surface area (Å²) in [5.74, 6) is 0. The van der Waals surface area contributed by atoms with E-state index >= 15 is 0 Å². The number of para-hydroxylation sites is 4. The van der Waals surface area contributed by atoms with Crippen molar-refractivity contribution in [1.82, 2.24) is 4.57 Å². The molecular formula is C135H117N3S2. The first-order valence-electron chi connectivity index (χ1n) is 50.2. The van der Waals surface area contributed by atoms with Crippen LogP contribution in [-0.2, 0) is 48.7 Å². The van der Waals surface area contributed by atoms with E-state index in [0.29, 0.717) is 0 Å². The largest absolute Gasteiger partial charge is 0.310 e. The van der Waals surface area contributed by atoms with Crippen molar-refractivity contribution in [2.45, 2.75) is 173 Å². The molecule has 0 saturated carbocycles. The summed E-state index contributed by atoms with van der Waals surface area (Å²) in [6.45, 7) is 43.9. The fraction of sp³-hybridized carbons (Fsp3) is 0.200. The third-order valence-corrected chi connectivity index (χ3v) is 37.8. The van der Waals surface area contributed by atoms with Crippen molar-refractivity contribution in [3.05, 3.63) is 449 Å². The Kier molecular flexibility index (Phi) is 19.3. The smallest absolute Gasteiger partial charge is 0.0541 e. The molecule has 0 spiro atoms. The van der Waals surface area contributed by atoms with Crippen molar-refractivity contribution in [3.8, 4) is 83.6 Å². The van der Waals surface area contributed by atoms with Gasteiger partial charge in [-0.05, 0) is 299 Å². The summed E-state index contributed by atoms with van der Waals surface area (Å²) in [5.41, 5.74) is 46.8. The second-order valence-corrected chi connectivity index (χ2v) is 47.2. The minimum Gasteiger partial charge on any atom is -0.310 e. The van der Waals surface area contributed by atoms with Crippen LogP contribution >= 0.6 is 22.7 Å². The van der Waals surface area contributed by atoms with Gasteiger partial charge in [-0.15, -0.1) is 22.7 Å². The maximum Gasteiger partial charge on any atom is 0.0541 e. The molecule has 3 nitrogen and oxygen atoms in total. The van der Waals surface area contributed by atoms with Gasteiger partial charge in [0.1, 0.15) is 0 Å². The van der Waals surface area contributed by atoms with E-state index in [9.17, 15) is 0 Å². The number of anilines is 6. The quantitative estimate of drug-likeness (QED) is 0.150. The first-order valence-corrected chi connectivity index (χ1v) is 51.8. The van der Waals surface area contributed by atoms with E-state index in [1.54, 1.807) is 0 Å². The zero-order valence-electron chi connectivity index (χ0n) is 83.5. The maximum absolute atomic E-state index is 2.47. The van der Waals surface area contributed by atoms with Gasteiger partial charge in [0, 0.05) is 113 Å². The molecule has 0 bridgehead atoms. The fourth-order valence-electron chi connectivity index (χ4n) is 26.1. The van der Waals surface area contributed by atoms with E-state index in [1.807, 2.05) is 22.7 Å². The first kappa shape index (κ1) is 87.3. The summed E-state index contributed by atoms with van der Waals surface area (Å²) in [5, 5.41) is 7.86. The van der Waals surface area contributed by atoms with Crippen LogP contribution in [0.5, 0.6) is 0 Å². The Morgan fingerprint density at radius 3 is 1.05 bits per heavy atom. The lowest BCUT2D eigenvalue weighted by molar-refractivity contribution is 0.295. The van der Waals surface area contributed by atoms with Crippen molar-refractivity contribution < 1.29 is 0 Å². The van der Waals surface area contributed by atoms with Crippen LogP contribution in [0.4, 0.5) is 34.1 Å². The van der Waals surface area contributed by atoms with Gasteiger partial charge >= 0.3 is 0 Å². The van der Waals surface area contributed by atoms with Crippen molar-refractivity contribution in [2.24, 2.45) is 0 Å². The molecule has 0 unspecified atom stereocenters. The van der Waals surface area contributed by atoms with Gasteiger partial charge in [-0.1, -0.05) is 379 Å². The number of hydrogen-bond donors (Lipinski definition) is 0. The van der Waals surface area contributed by atoms with Crippen LogP contribution in [0.25, 0.3) is 146 Å². The van der Waals surface area contributed by atoms with Crippen molar-refractivity contribution in [1.29, 1.82) is 0 Å². The summed E-state index contributed by atoms with van der Waals surface area (Å²) in [6, 6.07) is 143. The average molecular weight is 1850 g/mol. The Morgan fingerprint density at radius 2 is 0.514 bits per heavy atom. The summed E-state index contributed by atoms with van der Waals surface area (Å²) in [7, 11) is 0. The summed E-state index contributed by atoms with van der Waals surface area (Å²) in [4.78, 5) is 4.87. The molecule has 140 heavy (non-hydrogen) atoms. The third kappa shape index (κ3) is 12.4. The second-order valence-electron chi connectivity index (χ2n) is 45.0. The molecule has 0 N–H and O–H groups in total. The molecule has 0 amide bonds. The highest BCUT2D eigenvalue weighted by Crippen LogP contribution is 2.67. The number of rotatable bonds is 8. The molecule has 0 aliphatic heterocycles. The van der Waals surface area contributed by atoms with Crippen molar-refractivity contribution in [3.63, 3.8) is 0 Å². The first-order chi connectivity index (χ1) is 67.3. The van der Waals surface area contributed by atoms with Crippen molar-refractivity contribution in [2.75, 3.05) is 9.80 Å². The molecule has 18 aromatic carbocycles. The number of fused-ring (bicyclic) bond motifs is 30. The third-order valence-electron chi connectivity index (χ3n) is 35.5. The lowest BCUT2D eigenvalue weighted by atomic mass is 9.53. The fourth-order valence-corrected chi connectivity index (χ4v) is 28.3. The average Bonchev–Trinajstić information content (AvgIpc) is 1.47. The van der Waals surface area contributed by atoms with Crippen LogP contribution in [0.3, 0.4) is 0 Å². The number of thiophene rings is 2. The summed E-state index contributed by atoms with van der Waals surface area (Å²) in [6.07, 6.45) is 0. The zero-order valence-corrected chi connectivity index (χ0v) is 85.2. The zero-order chi connectivity index (χ0) is 96.2. The summed E-state index contributed by atoms with van der Waals surface area (Å²) < 4.78 is 7.71. The van der Waals surface area contributed by atoms with Gasteiger partial charge in [-0.3, -0.25) is 0 Å². The minimum absolute atomic E-state index is 0.000152. The molecular weight excluding hydrogens is 1730 g/mol. The van der Waals surface area contributed by atoms with Crippen LogP contribution in [0.1, 0.15) is 191 Å². The number of nitrogens with zero attached hydrogens (tertiary/aromatic N) is 3. The molecule has 3 aromatic heterocycles. The van der Waals surface area contributed by atoms with E-state index in [1.165, 1.54) is 235 Å². The highest BCUT2D eigenvalue weighted by molar-refractivity contribution is 7.26. The number of benzene rings is 18. The molecule has 0 saturated heterocycles. The normalized spacial score (nSPS) is 16.4. The van der Waals surface area contributed by atoms with Gasteiger partial charge < -0.3 is 14.4 Å². The molecule has 0 atom stereocenters. The molecule has 3 heterocycles. The molecule has 27 rings (SSSR count). The SMILES string of the molecule is CC1(C)c2cc(-c3ccc(-n4c5ccccc5c5ccccc54)cc3)ccc2-c2ccc3c(c21)-c1ccccc1C(C)(C)C3(C)C.CC1(C)c2cc(N(c3ccccc3)c3ccc4sc5ccccc5c4c3)ccc2-c2c1ccc1c2C(C)(C)C(C)(C)c2ccccc2-1.CC1(C)c2cc(N(c3ccccc3)c3ccc4sc5ccccc5c4c3)ccc2-c2ccc3c(c21)C(C)(C)C(C)(C)c1ccccc1-3. The van der Waals surface area contributed by atoms with Crippen LogP contribution in [0.15, 0.2) is 382 Å². The standard InChI is InChI=1S/2C45H39NS.C45H39N/c1-43(2)38-27-30(46(28-14-8-7-9-15-28)29-21-25-40-36(26-29)33-17-11-13-19-39(33)47-40)20-22-32(38)34-23-24-35-31-16-10-12-18-37(31)44(3,4)45(5,6)42(35)41(34)43;1-43(2)37-24-23-33-31-16-10-12-18-36(31)44(3,4)45(5,6)42(33)41(37)34-22-20-30(27-38(34)43)46(28-14-8-7-9-15-28)29-21-25-40-35(26-29)32-17-11-13-19-39(32)47-40;1-43(2)38-27-29(28-19-22-30(23-20-28)46-39-17-11-8-13-32(39)33-14-9-12-18-40(33)46)21-24-31(38)34-25-26-37-41(42(34)43)35-15-7-10-16-36(35)44(3,4)45(37,5)6/h2*7-27H,1-6H3;7-27H,1-6H3. The molecule has 5 heteroatoms. The predicted octanol–water partition coefficient (Wildman–Crippen LogP) is 38.1. The molecule has 21 aromatic rings. The Bertz CT molecular complexity index is 8710. The molecule has 0 fully saturated rings. The topological polar surface area (TPSA) is 11.4 Å². The molecule has 6 aliphatic rings. The van der Waals surface area contributed by atoms with E-state index in [-0.39, 0.29) is 48.7 Å². The van der Waals surface area contributed by atoms with Gasteiger partial charge in [0.15, 0.2) is 0 Å². The van der Waals surface area contributed by atoms with Crippen LogP contribution < -0.4 is 9.80 Å². The van der Waals surface area contributed by atoms with E-state index in [0.717, 1.165) is 11.4 Å². The highest BCUT2D eigenvalue weighted by atomic mass is 32.1. The van der Waals surface area contributed by atoms with Crippen molar-refractivity contribution >= 4 is 119 Å². The van der Waals surface area contributed by atoms with Gasteiger partial charge in [0.05, 0.1) is 11.0 Å². The lowest BCUT2D eigenvalue weighted by Gasteiger charge is -2.50. The highest BCUT2D eigenvalue weighted by Gasteiger charge is 2.54. The van der Waals surface area contributed by atoms with Gasteiger partial charge in [0.25, 0.3) is 0 Å². The van der Waals surface area contributed by atoms with Crippen LogP contribution in [0, 0.1) is 0 Å². The monoisotopic (exact) mass is 1840 g/mol. The van der Waals surface area contributed by atoms with Gasteiger partial charge in [-0.2, -0.15) is 0 Å². The maximum atomic E-state index is 2.47. The molecule has 684 valence electrons. The number of aromatic nitrogens is 1. The Balaban J connectivity index is 0.000000111. The van der Waals surface area contributed by atoms with Gasteiger partial charge in [0.2, 0.25) is 0 Å². The Labute approximate surface area is 832 Å². The van der Waals surface area contributed by atoms with E-state index in [2.05, 4.69) is 521 Å². The minimum atomic E-state index is -0.165. The van der Waals surface area contributed by atoms with E-state index in [4.69, 9.17) is 0 Å². The lowest BCUT2D eigenvalue weighted by Crippen LogP contribution is -2.45. The number of hydrogen-bond acceptors (Lipinski definition) is 4. The Morgan fingerprint density at radius 1 is 0.186 bits per heavy atom. The summed E-state index contributed by atoms with van der Waals surface area (Å²) >= 11 is 3.74.